The number of hydrogen-bond acceptors (Lipinski definition) is 7. The molecule has 0 radical (unpaired) electrons. The van der Waals surface area contributed by atoms with Gasteiger partial charge in [-0.15, -0.1) is 11.8 Å². The third kappa shape index (κ3) is 5.77. The average molecular weight is 506 g/mol. The molecule has 178 valence electrons. The smallest absolute Gasteiger partial charge is 0.260 e. The van der Waals surface area contributed by atoms with Gasteiger partial charge in [0.15, 0.2) is 15.0 Å². The lowest BCUT2D eigenvalue weighted by Gasteiger charge is -2.24. The van der Waals surface area contributed by atoms with Gasteiger partial charge in [-0.2, -0.15) is 0 Å². The molecule has 1 aromatic heterocycles. The van der Waals surface area contributed by atoms with Crippen LogP contribution in [0.1, 0.15) is 38.1 Å². The minimum Gasteiger partial charge on any atom is -0.302 e. The van der Waals surface area contributed by atoms with Crippen LogP contribution in [0.25, 0.3) is 10.2 Å². The summed E-state index contributed by atoms with van der Waals surface area (Å²) in [5.41, 5.74) is 1.31. The number of carbonyl (C=O) groups excluding carboxylic acids is 1. The lowest BCUT2D eigenvalue weighted by Crippen LogP contribution is -2.38. The van der Waals surface area contributed by atoms with E-state index in [0.29, 0.717) is 17.2 Å². The maximum absolute atomic E-state index is 13.5. The number of thioether (sulfide) groups is 1. The van der Waals surface area contributed by atoms with Crippen LogP contribution < -0.4 is 4.90 Å². The first kappa shape index (κ1) is 25.7. The first-order chi connectivity index (χ1) is 15.7. The Kier molecular flexibility index (Phi) is 8.55. The molecule has 33 heavy (non-hydrogen) atoms. The molecular formula is C24H31N3O3S3. The van der Waals surface area contributed by atoms with Gasteiger partial charge in [-0.25, -0.2) is 13.4 Å². The zero-order chi connectivity index (χ0) is 24.2. The Morgan fingerprint density at radius 3 is 2.30 bits per heavy atom. The Morgan fingerprint density at radius 2 is 1.73 bits per heavy atom. The van der Waals surface area contributed by atoms with Gasteiger partial charge in [-0.05, 0) is 75.7 Å². The van der Waals surface area contributed by atoms with Crippen LogP contribution in [0.2, 0.25) is 0 Å². The van der Waals surface area contributed by atoms with Gasteiger partial charge in [0, 0.05) is 23.5 Å². The number of anilines is 1. The van der Waals surface area contributed by atoms with Gasteiger partial charge in [-0.3, -0.25) is 9.69 Å². The second-order valence-electron chi connectivity index (χ2n) is 7.93. The SMILES string of the molecule is CCN(CC)CCN(C(=O)c1ccc(S(=O)(=O)C(C)C)cc1)c1nc2ccc(SC)cc2s1. The highest BCUT2D eigenvalue weighted by atomic mass is 32.2. The maximum atomic E-state index is 13.5. The van der Waals surface area contributed by atoms with E-state index >= 15 is 0 Å². The highest BCUT2D eigenvalue weighted by molar-refractivity contribution is 7.98. The standard InChI is InChI=1S/C24H31N3O3S3/c1-6-26(7-2)14-15-27(24-25-21-13-10-19(31-5)16-22(21)32-24)23(28)18-8-11-20(12-9-18)33(29,30)17(3)4/h8-13,16-17H,6-7,14-15H2,1-5H3. The van der Waals surface area contributed by atoms with E-state index < -0.39 is 15.1 Å². The molecule has 3 aromatic rings. The second-order valence-corrected chi connectivity index (χ2v) is 12.3. The van der Waals surface area contributed by atoms with Crippen LogP contribution in [-0.4, -0.2) is 61.9 Å². The molecule has 0 aliphatic rings. The van der Waals surface area contributed by atoms with Crippen LogP contribution in [-0.2, 0) is 9.84 Å². The van der Waals surface area contributed by atoms with Gasteiger partial charge in [0.25, 0.3) is 5.91 Å². The molecule has 2 aromatic carbocycles. The quantitative estimate of drug-likeness (QED) is 0.353. The molecule has 0 saturated heterocycles. The summed E-state index contributed by atoms with van der Waals surface area (Å²) in [5, 5.41) is 0.137. The van der Waals surface area contributed by atoms with Crippen molar-refractivity contribution in [2.75, 3.05) is 37.3 Å². The zero-order valence-electron chi connectivity index (χ0n) is 19.7. The molecule has 1 amide bonds. The number of amides is 1. The summed E-state index contributed by atoms with van der Waals surface area (Å²) in [5.74, 6) is -0.181. The lowest BCUT2D eigenvalue weighted by molar-refractivity contribution is 0.0983. The highest BCUT2D eigenvalue weighted by Gasteiger charge is 2.24. The van der Waals surface area contributed by atoms with E-state index in [9.17, 15) is 13.2 Å². The third-order valence-electron chi connectivity index (χ3n) is 5.65. The Bertz CT molecular complexity index is 1200. The maximum Gasteiger partial charge on any atom is 0.260 e. The van der Waals surface area contributed by atoms with Gasteiger partial charge in [-0.1, -0.05) is 25.2 Å². The highest BCUT2D eigenvalue weighted by Crippen LogP contribution is 2.32. The van der Waals surface area contributed by atoms with E-state index in [-0.39, 0.29) is 10.8 Å². The minimum atomic E-state index is -3.39. The predicted molar refractivity (Wildman–Crippen MR) is 140 cm³/mol. The van der Waals surface area contributed by atoms with E-state index in [2.05, 4.69) is 24.8 Å². The molecule has 0 N–H and O–H groups in total. The molecule has 6 nitrogen and oxygen atoms in total. The number of carbonyl (C=O) groups is 1. The molecule has 0 spiro atoms. The average Bonchev–Trinajstić information content (AvgIpc) is 3.24. The van der Waals surface area contributed by atoms with E-state index in [4.69, 9.17) is 4.98 Å². The molecular weight excluding hydrogens is 474 g/mol. The fourth-order valence-corrected chi connectivity index (χ4v) is 6.02. The van der Waals surface area contributed by atoms with Crippen molar-refractivity contribution in [1.82, 2.24) is 9.88 Å². The Morgan fingerprint density at radius 1 is 1.06 bits per heavy atom. The third-order valence-corrected chi connectivity index (χ3v) is 9.58. The largest absolute Gasteiger partial charge is 0.302 e. The van der Waals surface area contributed by atoms with E-state index in [1.807, 2.05) is 18.4 Å². The fourth-order valence-electron chi connectivity index (χ4n) is 3.42. The number of benzene rings is 2. The van der Waals surface area contributed by atoms with Gasteiger partial charge in [0.05, 0.1) is 20.4 Å². The van der Waals surface area contributed by atoms with Crippen molar-refractivity contribution in [3.8, 4) is 0 Å². The van der Waals surface area contributed by atoms with E-state index in [0.717, 1.165) is 34.7 Å². The molecule has 0 fully saturated rings. The van der Waals surface area contributed by atoms with Crippen LogP contribution in [0.5, 0.6) is 0 Å². The van der Waals surface area contributed by atoms with Crippen molar-refractivity contribution in [3.05, 3.63) is 48.0 Å². The van der Waals surface area contributed by atoms with Crippen LogP contribution in [0.3, 0.4) is 0 Å². The van der Waals surface area contributed by atoms with Gasteiger partial charge >= 0.3 is 0 Å². The number of aromatic nitrogens is 1. The first-order valence-electron chi connectivity index (χ1n) is 11.0. The van der Waals surface area contributed by atoms with E-state index in [1.165, 1.54) is 23.5 Å². The Labute approximate surface area is 204 Å². The number of thiazole rings is 1. The van der Waals surface area contributed by atoms with Crippen molar-refractivity contribution >= 4 is 54.2 Å². The summed E-state index contributed by atoms with van der Waals surface area (Å²) >= 11 is 3.17. The number of fused-ring (bicyclic) bond motifs is 1. The molecule has 0 bridgehead atoms. The zero-order valence-corrected chi connectivity index (χ0v) is 22.2. The van der Waals surface area contributed by atoms with Crippen molar-refractivity contribution in [2.45, 2.75) is 42.7 Å². The molecule has 0 aliphatic carbocycles. The molecule has 0 aliphatic heterocycles. The van der Waals surface area contributed by atoms with Crippen LogP contribution in [0, 0.1) is 0 Å². The number of likely N-dealkylation sites (N-methyl/N-ethyl adjacent to an activating group) is 1. The van der Waals surface area contributed by atoms with Crippen molar-refractivity contribution in [1.29, 1.82) is 0 Å². The van der Waals surface area contributed by atoms with Gasteiger partial charge in [0.2, 0.25) is 0 Å². The number of rotatable bonds is 10. The van der Waals surface area contributed by atoms with Gasteiger partial charge < -0.3 is 4.90 Å². The summed E-state index contributed by atoms with van der Waals surface area (Å²) in [6.07, 6.45) is 2.03. The molecule has 1 heterocycles. The van der Waals surface area contributed by atoms with Crippen LogP contribution in [0.4, 0.5) is 5.13 Å². The summed E-state index contributed by atoms with van der Waals surface area (Å²) < 4.78 is 25.9. The van der Waals surface area contributed by atoms with E-state index in [1.54, 1.807) is 42.6 Å². The molecule has 3 rings (SSSR count). The van der Waals surface area contributed by atoms with Gasteiger partial charge in [0.1, 0.15) is 0 Å². The monoisotopic (exact) mass is 505 g/mol. The first-order valence-corrected chi connectivity index (χ1v) is 14.6. The fraction of sp³-hybridized carbons (Fsp3) is 0.417. The normalized spacial score (nSPS) is 12.1. The molecule has 0 atom stereocenters. The molecule has 0 unspecified atom stereocenters. The Hall–Kier alpha value is -1.94. The van der Waals surface area contributed by atoms with Crippen LogP contribution in [0.15, 0.2) is 52.3 Å². The topological polar surface area (TPSA) is 70.6 Å². The second kappa shape index (κ2) is 11.0. The van der Waals surface area contributed by atoms with Crippen molar-refractivity contribution < 1.29 is 13.2 Å². The predicted octanol–water partition coefficient (Wildman–Crippen LogP) is 5.19. The van der Waals surface area contributed by atoms with Crippen molar-refractivity contribution in [3.63, 3.8) is 0 Å². The summed E-state index contributed by atoms with van der Waals surface area (Å²) in [7, 11) is -3.39. The summed E-state index contributed by atoms with van der Waals surface area (Å²) in [4.78, 5) is 23.7. The molecule has 9 heteroatoms. The number of nitrogens with zero attached hydrogens (tertiary/aromatic N) is 3. The summed E-state index contributed by atoms with van der Waals surface area (Å²) in [6, 6.07) is 12.4. The minimum absolute atomic E-state index is 0.181. The Balaban J connectivity index is 1.96. The lowest BCUT2D eigenvalue weighted by atomic mass is 10.2. The molecule has 0 saturated carbocycles. The van der Waals surface area contributed by atoms with Crippen molar-refractivity contribution in [2.24, 2.45) is 0 Å². The number of sulfone groups is 1. The number of hydrogen-bond donors (Lipinski definition) is 0. The van der Waals surface area contributed by atoms with Crippen LogP contribution >= 0.6 is 23.1 Å². The summed E-state index contributed by atoms with van der Waals surface area (Å²) in [6.45, 7) is 10.5.